The third kappa shape index (κ3) is 7.35. The molecule has 1 fully saturated rings. The Morgan fingerprint density at radius 3 is 2.48 bits per heavy atom. The van der Waals surface area contributed by atoms with Crippen LogP contribution in [0.15, 0.2) is 18.2 Å². The molecule has 1 heterocycles. The van der Waals surface area contributed by atoms with Crippen LogP contribution in [0.2, 0.25) is 5.02 Å². The number of nitrogens with one attached hydrogen (secondary N) is 2. The Kier molecular flexibility index (Phi) is 11.7. The Morgan fingerprint density at radius 2 is 1.89 bits per heavy atom. The molecule has 1 atom stereocenters. The summed E-state index contributed by atoms with van der Waals surface area (Å²) in [7, 11) is 0. The highest BCUT2D eigenvalue weighted by molar-refractivity contribution is 6.34. The van der Waals surface area contributed by atoms with Crippen LogP contribution in [-0.4, -0.2) is 50.7 Å². The van der Waals surface area contributed by atoms with Crippen LogP contribution >= 0.6 is 36.4 Å². The van der Waals surface area contributed by atoms with E-state index in [1.807, 2.05) is 13.8 Å². The fourth-order valence-corrected chi connectivity index (χ4v) is 2.80. The number of hydrogen-bond acceptors (Lipinski definition) is 5. The molecule has 0 unspecified atom stereocenters. The van der Waals surface area contributed by atoms with E-state index >= 15 is 0 Å². The second-order valence-corrected chi connectivity index (χ2v) is 6.68. The van der Waals surface area contributed by atoms with Gasteiger partial charge in [0.2, 0.25) is 11.8 Å². The van der Waals surface area contributed by atoms with Crippen molar-refractivity contribution in [1.82, 2.24) is 5.32 Å². The molecule has 0 aromatic heterocycles. The van der Waals surface area contributed by atoms with Gasteiger partial charge in [0, 0.05) is 13.1 Å². The summed E-state index contributed by atoms with van der Waals surface area (Å²) >= 11 is 6.33. The summed E-state index contributed by atoms with van der Waals surface area (Å²) in [4.78, 5) is 26.1. The van der Waals surface area contributed by atoms with Crippen LogP contribution in [0, 0.1) is 5.92 Å². The number of para-hydroxylation sites is 1. The highest BCUT2D eigenvalue weighted by atomic mass is 35.5. The van der Waals surface area contributed by atoms with Crippen LogP contribution in [0.25, 0.3) is 0 Å². The molecule has 0 radical (unpaired) electrons. The van der Waals surface area contributed by atoms with Gasteiger partial charge in [-0.25, -0.2) is 0 Å². The van der Waals surface area contributed by atoms with Crippen molar-refractivity contribution in [1.29, 1.82) is 0 Å². The Hall–Kier alpha value is -1.25. The van der Waals surface area contributed by atoms with E-state index in [1.54, 1.807) is 18.2 Å². The van der Waals surface area contributed by atoms with Gasteiger partial charge < -0.3 is 26.0 Å². The van der Waals surface area contributed by atoms with Crippen LogP contribution in [-0.2, 0) is 14.3 Å². The normalized spacial score (nSPS) is 14.6. The van der Waals surface area contributed by atoms with Gasteiger partial charge in [-0.2, -0.15) is 0 Å². The van der Waals surface area contributed by atoms with Crippen LogP contribution in [0.1, 0.15) is 13.8 Å². The molecule has 154 valence electrons. The third-order valence-corrected chi connectivity index (χ3v) is 4.34. The Balaban J connectivity index is 0.00000338. The fraction of sp³-hybridized carbons (Fsp3) is 0.529. The predicted octanol–water partition coefficient (Wildman–Crippen LogP) is 2.06. The maximum atomic E-state index is 12.2. The van der Waals surface area contributed by atoms with E-state index in [0.29, 0.717) is 37.0 Å². The number of nitrogens with two attached hydrogens (primary N) is 1. The van der Waals surface area contributed by atoms with Crippen molar-refractivity contribution in [3.05, 3.63) is 23.2 Å². The van der Waals surface area contributed by atoms with Gasteiger partial charge in [0.25, 0.3) is 0 Å². The van der Waals surface area contributed by atoms with Gasteiger partial charge >= 0.3 is 0 Å². The largest absolute Gasteiger partial charge is 0.378 e. The quantitative estimate of drug-likeness (QED) is 0.628. The molecule has 0 aliphatic carbocycles. The van der Waals surface area contributed by atoms with E-state index in [2.05, 4.69) is 15.5 Å². The molecule has 2 rings (SSSR count). The van der Waals surface area contributed by atoms with E-state index in [1.165, 1.54) is 0 Å². The van der Waals surface area contributed by atoms with E-state index < -0.39 is 6.04 Å². The van der Waals surface area contributed by atoms with Crippen molar-refractivity contribution >= 4 is 59.6 Å². The molecule has 4 N–H and O–H groups in total. The lowest BCUT2D eigenvalue weighted by Gasteiger charge is -2.31. The fourth-order valence-electron chi connectivity index (χ4n) is 2.51. The second-order valence-electron chi connectivity index (χ2n) is 6.27. The Labute approximate surface area is 177 Å². The summed E-state index contributed by atoms with van der Waals surface area (Å²) in [6.45, 7) is 6.19. The number of halogens is 3. The van der Waals surface area contributed by atoms with Crippen molar-refractivity contribution in [2.45, 2.75) is 19.9 Å². The van der Waals surface area contributed by atoms with E-state index in [-0.39, 0.29) is 49.1 Å². The minimum Gasteiger partial charge on any atom is -0.378 e. The predicted molar refractivity (Wildman–Crippen MR) is 113 cm³/mol. The van der Waals surface area contributed by atoms with E-state index in [4.69, 9.17) is 22.1 Å². The minimum absolute atomic E-state index is 0. The average molecular weight is 442 g/mol. The number of morpholine rings is 1. The zero-order chi connectivity index (χ0) is 18.4. The maximum absolute atomic E-state index is 12.2. The topological polar surface area (TPSA) is 96.7 Å². The minimum atomic E-state index is -0.636. The molecule has 2 amide bonds. The van der Waals surface area contributed by atoms with Crippen molar-refractivity contribution in [3.8, 4) is 0 Å². The molecule has 27 heavy (non-hydrogen) atoms. The number of nitrogens with zero attached hydrogens (tertiary/aromatic N) is 1. The van der Waals surface area contributed by atoms with Gasteiger partial charge in [0.15, 0.2) is 0 Å². The molecule has 0 spiro atoms. The van der Waals surface area contributed by atoms with Crippen LogP contribution in [0.3, 0.4) is 0 Å². The van der Waals surface area contributed by atoms with Crippen LogP contribution < -0.4 is 21.3 Å². The molecule has 1 saturated heterocycles. The molecule has 1 aromatic rings. The van der Waals surface area contributed by atoms with Crippen molar-refractivity contribution < 1.29 is 14.3 Å². The van der Waals surface area contributed by atoms with Gasteiger partial charge in [0.1, 0.15) is 0 Å². The number of hydrogen-bond donors (Lipinski definition) is 3. The first kappa shape index (κ1) is 25.8. The standard InChI is InChI=1S/C17H25ClN4O3.2ClH/c1-11(2)15(19)17(24)20-10-14(23)21-13-5-3-4-12(18)16(13)22-6-8-25-9-7-22;;/h3-5,11,15H,6-10,19H2,1-2H3,(H,20,24)(H,21,23);2*1H/t15-;;/m0../s1. The van der Waals surface area contributed by atoms with E-state index in [0.717, 1.165) is 5.69 Å². The molecule has 1 aromatic carbocycles. The Bertz CT molecular complexity index is 625. The highest BCUT2D eigenvalue weighted by Gasteiger charge is 2.20. The zero-order valence-electron chi connectivity index (χ0n) is 15.4. The number of ether oxygens (including phenoxy) is 1. The van der Waals surface area contributed by atoms with Gasteiger partial charge in [-0.3, -0.25) is 9.59 Å². The van der Waals surface area contributed by atoms with Crippen LogP contribution in [0.5, 0.6) is 0 Å². The number of rotatable bonds is 6. The van der Waals surface area contributed by atoms with Crippen molar-refractivity contribution in [3.63, 3.8) is 0 Å². The highest BCUT2D eigenvalue weighted by Crippen LogP contribution is 2.34. The first-order valence-corrected chi connectivity index (χ1v) is 8.72. The summed E-state index contributed by atoms with van der Waals surface area (Å²) in [5.74, 6) is -0.672. The smallest absolute Gasteiger partial charge is 0.243 e. The lowest BCUT2D eigenvalue weighted by atomic mass is 10.1. The van der Waals surface area contributed by atoms with Gasteiger partial charge in [-0.15, -0.1) is 24.8 Å². The summed E-state index contributed by atoms with van der Waals surface area (Å²) in [5, 5.41) is 5.93. The molecule has 10 heteroatoms. The number of benzene rings is 1. The molecule has 0 bridgehead atoms. The monoisotopic (exact) mass is 440 g/mol. The van der Waals surface area contributed by atoms with E-state index in [9.17, 15) is 9.59 Å². The van der Waals surface area contributed by atoms with Crippen molar-refractivity contribution in [2.24, 2.45) is 11.7 Å². The second kappa shape index (κ2) is 12.3. The maximum Gasteiger partial charge on any atom is 0.243 e. The molecule has 7 nitrogen and oxygen atoms in total. The zero-order valence-corrected chi connectivity index (χ0v) is 17.8. The van der Waals surface area contributed by atoms with Crippen LogP contribution in [0.4, 0.5) is 11.4 Å². The lowest BCUT2D eigenvalue weighted by molar-refractivity contribution is -0.125. The molecular weight excluding hydrogens is 415 g/mol. The molecule has 0 saturated carbocycles. The first-order valence-electron chi connectivity index (χ1n) is 8.34. The van der Waals surface area contributed by atoms with Gasteiger partial charge in [0.05, 0.1) is 42.2 Å². The summed E-state index contributed by atoms with van der Waals surface area (Å²) < 4.78 is 5.36. The lowest BCUT2D eigenvalue weighted by Crippen LogP contribution is -2.46. The summed E-state index contributed by atoms with van der Waals surface area (Å²) in [6.07, 6.45) is 0. The number of carbonyl (C=O) groups is 2. The number of carbonyl (C=O) groups excluding carboxylic acids is 2. The van der Waals surface area contributed by atoms with Crippen molar-refractivity contribution in [2.75, 3.05) is 43.1 Å². The first-order chi connectivity index (χ1) is 11.9. The van der Waals surface area contributed by atoms with Gasteiger partial charge in [-0.05, 0) is 18.1 Å². The molecule has 1 aliphatic heterocycles. The van der Waals surface area contributed by atoms with Gasteiger partial charge in [-0.1, -0.05) is 31.5 Å². The number of amides is 2. The summed E-state index contributed by atoms with van der Waals surface area (Å²) in [6, 6.07) is 4.71. The third-order valence-electron chi connectivity index (χ3n) is 4.03. The SMILES string of the molecule is CC(C)[C@H](N)C(=O)NCC(=O)Nc1cccc(Cl)c1N1CCOCC1.Cl.Cl. The number of anilines is 2. The average Bonchev–Trinajstić information content (AvgIpc) is 2.59. The molecule has 1 aliphatic rings. The Morgan fingerprint density at radius 1 is 1.26 bits per heavy atom. The summed E-state index contributed by atoms with van der Waals surface area (Å²) in [5.41, 5.74) is 7.14. The molecular formula is C17H27Cl3N4O3.